The second kappa shape index (κ2) is 4.39. The van der Waals surface area contributed by atoms with Crippen molar-refractivity contribution >= 4 is 0 Å². The van der Waals surface area contributed by atoms with Crippen LogP contribution in [-0.4, -0.2) is 18.6 Å². The smallest absolute Gasteiger partial charge is 0.497 e. The van der Waals surface area contributed by atoms with Gasteiger partial charge in [0.05, 0.1) is 13.7 Å². The van der Waals surface area contributed by atoms with E-state index in [1.807, 2.05) is 0 Å². The summed E-state index contributed by atoms with van der Waals surface area (Å²) in [6.45, 7) is -0.553. The lowest BCUT2D eigenvalue weighted by Crippen LogP contribution is -2.18. The quantitative estimate of drug-likeness (QED) is 0.850. The summed E-state index contributed by atoms with van der Waals surface area (Å²) >= 11 is 0. The van der Waals surface area contributed by atoms with E-state index >= 15 is 0 Å². The van der Waals surface area contributed by atoms with Crippen LogP contribution in [0, 0.1) is 0 Å². The van der Waals surface area contributed by atoms with Crippen molar-refractivity contribution in [1.82, 2.24) is 0 Å². The van der Waals surface area contributed by atoms with E-state index in [9.17, 15) is 13.2 Å². The van der Waals surface area contributed by atoms with Gasteiger partial charge in [-0.05, 0) is 18.2 Å². The number of rotatable bonds is 3. The number of aliphatic hydroxyl groups excluding tert-OH is 1. The molecule has 1 aromatic rings. The zero-order chi connectivity index (χ0) is 11.5. The predicted octanol–water partition coefficient (Wildman–Crippen LogP) is 2.09. The Kier molecular flexibility index (Phi) is 3.41. The Morgan fingerprint density at radius 1 is 1.33 bits per heavy atom. The van der Waals surface area contributed by atoms with Gasteiger partial charge in [-0.15, -0.1) is 13.2 Å². The van der Waals surface area contributed by atoms with Crippen LogP contribution in [0.2, 0.25) is 0 Å². The number of alkyl halides is 3. The Morgan fingerprint density at radius 3 is 2.47 bits per heavy atom. The fraction of sp³-hybridized carbons (Fsp3) is 0.333. The molecule has 0 aliphatic heterocycles. The molecule has 1 aromatic carbocycles. The van der Waals surface area contributed by atoms with Crippen LogP contribution in [0.4, 0.5) is 13.2 Å². The summed E-state index contributed by atoms with van der Waals surface area (Å²) in [4.78, 5) is 0. The second-order valence-electron chi connectivity index (χ2n) is 2.68. The monoisotopic (exact) mass is 222 g/mol. The van der Waals surface area contributed by atoms with E-state index in [1.165, 1.54) is 19.2 Å². The van der Waals surface area contributed by atoms with Crippen LogP contribution in [0.1, 0.15) is 5.56 Å². The third-order valence-electron chi connectivity index (χ3n) is 1.66. The molecule has 1 rings (SSSR count). The Bertz CT molecular complexity index is 336. The Morgan fingerprint density at radius 2 is 2.00 bits per heavy atom. The highest BCUT2D eigenvalue weighted by Crippen LogP contribution is 2.29. The van der Waals surface area contributed by atoms with Crippen LogP contribution in [0.3, 0.4) is 0 Å². The minimum atomic E-state index is -4.77. The zero-order valence-electron chi connectivity index (χ0n) is 7.84. The van der Waals surface area contributed by atoms with Gasteiger partial charge in [-0.3, -0.25) is 0 Å². The van der Waals surface area contributed by atoms with E-state index in [4.69, 9.17) is 9.84 Å². The Balaban J connectivity index is 2.97. The molecule has 0 unspecified atom stereocenters. The van der Waals surface area contributed by atoms with Crippen molar-refractivity contribution in [3.8, 4) is 11.5 Å². The normalized spacial score (nSPS) is 11.3. The molecule has 3 nitrogen and oxygen atoms in total. The van der Waals surface area contributed by atoms with Crippen LogP contribution in [0.15, 0.2) is 18.2 Å². The van der Waals surface area contributed by atoms with Crippen LogP contribution in [-0.2, 0) is 6.61 Å². The van der Waals surface area contributed by atoms with E-state index in [2.05, 4.69) is 4.74 Å². The van der Waals surface area contributed by atoms with Crippen molar-refractivity contribution < 1.29 is 27.8 Å². The summed E-state index contributed by atoms with van der Waals surface area (Å²) < 4.78 is 44.2. The molecule has 0 saturated carbocycles. The van der Waals surface area contributed by atoms with E-state index in [1.54, 1.807) is 0 Å². The molecule has 6 heteroatoms. The second-order valence-corrected chi connectivity index (χ2v) is 2.68. The first kappa shape index (κ1) is 11.6. The molecule has 0 radical (unpaired) electrons. The first-order valence-electron chi connectivity index (χ1n) is 4.00. The summed E-state index contributed by atoms with van der Waals surface area (Å²) in [5.74, 6) is -0.0700. The number of methoxy groups -OCH3 is 1. The summed E-state index contributed by atoms with van der Waals surface area (Å²) in [7, 11) is 1.38. The summed E-state index contributed by atoms with van der Waals surface area (Å²) in [5, 5.41) is 8.83. The summed E-state index contributed by atoms with van der Waals surface area (Å²) in [6, 6.07) is 3.69. The molecule has 0 saturated heterocycles. The highest BCUT2D eigenvalue weighted by Gasteiger charge is 2.32. The number of aliphatic hydroxyl groups is 1. The van der Waals surface area contributed by atoms with Gasteiger partial charge in [-0.1, -0.05) is 0 Å². The molecule has 0 bridgehead atoms. The maximum Gasteiger partial charge on any atom is 0.573 e. The standard InChI is InChI=1S/C9H9F3O3/c1-14-7-2-3-8(6(4-7)5-13)15-9(10,11)12/h2-4,13H,5H2,1H3. The van der Waals surface area contributed by atoms with Gasteiger partial charge in [-0.25, -0.2) is 0 Å². The highest BCUT2D eigenvalue weighted by molar-refractivity contribution is 5.39. The van der Waals surface area contributed by atoms with E-state index in [0.29, 0.717) is 5.75 Å². The van der Waals surface area contributed by atoms with Crippen molar-refractivity contribution in [3.05, 3.63) is 23.8 Å². The molecular weight excluding hydrogens is 213 g/mol. The molecule has 0 heterocycles. The van der Waals surface area contributed by atoms with E-state index in [0.717, 1.165) is 6.07 Å². The van der Waals surface area contributed by atoms with Gasteiger partial charge in [0, 0.05) is 5.56 Å². The molecule has 0 atom stereocenters. The first-order valence-corrected chi connectivity index (χ1v) is 4.00. The number of hydrogen-bond acceptors (Lipinski definition) is 3. The fourth-order valence-electron chi connectivity index (χ4n) is 1.03. The maximum absolute atomic E-state index is 11.9. The molecule has 0 spiro atoms. The van der Waals surface area contributed by atoms with Gasteiger partial charge in [0.1, 0.15) is 11.5 Å². The van der Waals surface area contributed by atoms with Crippen LogP contribution in [0.5, 0.6) is 11.5 Å². The summed E-state index contributed by atoms with van der Waals surface area (Å²) in [5.41, 5.74) is 0.0201. The maximum atomic E-state index is 11.9. The summed E-state index contributed by atoms with van der Waals surface area (Å²) in [6.07, 6.45) is -4.77. The molecule has 15 heavy (non-hydrogen) atoms. The van der Waals surface area contributed by atoms with Gasteiger partial charge in [0.25, 0.3) is 0 Å². The molecule has 0 aliphatic rings. The van der Waals surface area contributed by atoms with E-state index in [-0.39, 0.29) is 5.56 Å². The minimum Gasteiger partial charge on any atom is -0.497 e. The van der Waals surface area contributed by atoms with Crippen LogP contribution >= 0.6 is 0 Å². The third-order valence-corrected chi connectivity index (χ3v) is 1.66. The topological polar surface area (TPSA) is 38.7 Å². The van der Waals surface area contributed by atoms with Crippen molar-refractivity contribution in [1.29, 1.82) is 0 Å². The van der Waals surface area contributed by atoms with Gasteiger partial charge in [0.15, 0.2) is 0 Å². The first-order chi connectivity index (χ1) is 6.96. The molecule has 0 aliphatic carbocycles. The van der Waals surface area contributed by atoms with Crippen molar-refractivity contribution in [2.75, 3.05) is 7.11 Å². The van der Waals surface area contributed by atoms with Gasteiger partial charge >= 0.3 is 6.36 Å². The van der Waals surface area contributed by atoms with Crippen LogP contribution in [0.25, 0.3) is 0 Å². The van der Waals surface area contributed by atoms with Gasteiger partial charge in [0.2, 0.25) is 0 Å². The Labute approximate surface area is 84.0 Å². The minimum absolute atomic E-state index is 0.0201. The molecular formula is C9H9F3O3. The SMILES string of the molecule is COc1ccc(OC(F)(F)F)c(CO)c1. The van der Waals surface area contributed by atoms with Crippen molar-refractivity contribution in [2.24, 2.45) is 0 Å². The van der Waals surface area contributed by atoms with Crippen molar-refractivity contribution in [3.63, 3.8) is 0 Å². The van der Waals surface area contributed by atoms with Crippen LogP contribution < -0.4 is 9.47 Å². The highest BCUT2D eigenvalue weighted by atomic mass is 19.4. The van der Waals surface area contributed by atoms with E-state index < -0.39 is 18.7 Å². The van der Waals surface area contributed by atoms with Crippen molar-refractivity contribution in [2.45, 2.75) is 13.0 Å². The Hall–Kier alpha value is -1.43. The average Bonchev–Trinajstić information content (AvgIpc) is 2.16. The fourth-order valence-corrected chi connectivity index (χ4v) is 1.03. The largest absolute Gasteiger partial charge is 0.573 e. The number of halogens is 3. The molecule has 1 N–H and O–H groups in total. The molecule has 0 amide bonds. The lowest BCUT2D eigenvalue weighted by Gasteiger charge is -2.12. The average molecular weight is 222 g/mol. The third kappa shape index (κ3) is 3.32. The number of benzene rings is 1. The zero-order valence-corrected chi connectivity index (χ0v) is 7.84. The number of hydrogen-bond donors (Lipinski definition) is 1. The lowest BCUT2D eigenvalue weighted by atomic mass is 10.2. The predicted molar refractivity (Wildman–Crippen MR) is 45.6 cm³/mol. The van der Waals surface area contributed by atoms with Gasteiger partial charge < -0.3 is 14.6 Å². The lowest BCUT2D eigenvalue weighted by molar-refractivity contribution is -0.275. The molecule has 0 aromatic heterocycles. The molecule has 84 valence electrons. The molecule has 0 fully saturated rings. The number of ether oxygens (including phenoxy) is 2. The van der Waals surface area contributed by atoms with Gasteiger partial charge in [-0.2, -0.15) is 0 Å².